The summed E-state index contributed by atoms with van der Waals surface area (Å²) >= 11 is 4.93. The van der Waals surface area contributed by atoms with Crippen LogP contribution in [0.5, 0.6) is 17.2 Å². The van der Waals surface area contributed by atoms with Crippen molar-refractivity contribution in [2.75, 3.05) is 21.3 Å². The minimum atomic E-state index is -4.46. The maximum atomic E-state index is 13.9. The molecular weight excluding hydrogens is 1030 g/mol. The maximum Gasteiger partial charge on any atom is 0.488 e. The molecule has 6 aromatic rings. The van der Waals surface area contributed by atoms with Gasteiger partial charge in [-0.05, 0) is 128 Å². The van der Waals surface area contributed by atoms with Crippen molar-refractivity contribution in [1.82, 2.24) is 0 Å². The van der Waals surface area contributed by atoms with E-state index in [-0.39, 0.29) is 33.5 Å². The van der Waals surface area contributed by atoms with Gasteiger partial charge in [-0.3, -0.25) is 0 Å². The minimum Gasteiger partial charge on any atom is -0.497 e. The second-order valence-corrected chi connectivity index (χ2v) is 14.3. The number of halogens is 14. The van der Waals surface area contributed by atoms with Gasteiger partial charge in [-0.15, -0.1) is 0 Å². The summed E-state index contributed by atoms with van der Waals surface area (Å²) in [5.74, 6) is -0.0167. The lowest BCUT2D eigenvalue weighted by Gasteiger charge is -2.11. The Morgan fingerprint density at radius 1 is 0.500 bits per heavy atom. The van der Waals surface area contributed by atoms with Crippen LogP contribution in [0.2, 0.25) is 0 Å². The third-order valence-electron chi connectivity index (χ3n) is 8.06. The van der Waals surface area contributed by atoms with Crippen LogP contribution in [0, 0.1) is 21.0 Å². The van der Waals surface area contributed by atoms with Crippen molar-refractivity contribution in [3.8, 4) is 39.5 Å². The summed E-state index contributed by atoms with van der Waals surface area (Å²) in [6.45, 7) is 0. The first-order valence-electron chi connectivity index (χ1n) is 17.1. The van der Waals surface area contributed by atoms with Crippen LogP contribution < -0.4 is 19.7 Å². The highest BCUT2D eigenvalue weighted by atomic mass is 127. The molecule has 0 saturated heterocycles. The highest BCUT2D eigenvalue weighted by molar-refractivity contribution is 14.1. The van der Waals surface area contributed by atoms with E-state index in [1.165, 1.54) is 74.9 Å². The number of methoxy groups -OCH3 is 3. The molecule has 0 bridgehead atoms. The molecule has 5 nitrogen and oxygen atoms in total. The van der Waals surface area contributed by atoms with Crippen molar-refractivity contribution in [3.05, 3.63) is 164 Å². The van der Waals surface area contributed by atoms with E-state index in [9.17, 15) is 52.7 Å². The number of hydrogen-bond donors (Lipinski definition) is 2. The van der Waals surface area contributed by atoms with Crippen molar-refractivity contribution >= 4 is 51.1 Å². The van der Waals surface area contributed by atoms with E-state index < -0.39 is 54.0 Å². The second kappa shape index (κ2) is 22.4. The van der Waals surface area contributed by atoms with Gasteiger partial charge in [0.25, 0.3) is 0 Å². The van der Waals surface area contributed by atoms with Crippen LogP contribution in [0.4, 0.5) is 52.7 Å². The fraction of sp³-hybridized carbons (Fsp3) is 0.143. The Kier molecular flexibility index (Phi) is 18.6. The summed E-state index contributed by atoms with van der Waals surface area (Å²) in [6.07, 6.45) is -13.4. The van der Waals surface area contributed by atoms with Crippen molar-refractivity contribution < 1.29 is 76.9 Å². The van der Waals surface area contributed by atoms with Crippen LogP contribution in [0.1, 0.15) is 16.7 Å². The molecule has 0 aliphatic carbocycles. The topological polar surface area (TPSA) is 68.2 Å². The molecule has 2 N–H and O–H groups in total. The average molecular weight is 1060 g/mol. The number of alkyl halides is 9. The molecule has 0 aliphatic heterocycles. The fourth-order valence-electron chi connectivity index (χ4n) is 4.96. The SMILES string of the molecule is COc1cc(-c2cccc(C(F)(F)F)c2)c(F)cc1I.COc1ccc(F)c(-c2cccc(C(F)(F)F)c2)c1.COc1ccc(F)c(Br)c1.OB(O)c1cccc(C(F)(F)F)c1. The van der Waals surface area contributed by atoms with Gasteiger partial charge >= 0.3 is 25.6 Å². The average Bonchev–Trinajstić information content (AvgIpc) is 3.22. The lowest BCUT2D eigenvalue weighted by atomic mass is 9.79. The number of benzene rings is 6. The van der Waals surface area contributed by atoms with Gasteiger partial charge in [-0.25, -0.2) is 13.2 Å². The van der Waals surface area contributed by atoms with E-state index >= 15 is 0 Å². The van der Waals surface area contributed by atoms with Gasteiger partial charge < -0.3 is 24.3 Å². The van der Waals surface area contributed by atoms with Gasteiger partial charge in [0.05, 0.1) is 46.1 Å². The van der Waals surface area contributed by atoms with Crippen LogP contribution in [-0.4, -0.2) is 38.5 Å². The third kappa shape index (κ3) is 15.2. The van der Waals surface area contributed by atoms with E-state index in [1.54, 1.807) is 19.2 Å². The zero-order valence-corrected chi connectivity index (χ0v) is 35.8. The molecule has 0 saturated carbocycles. The predicted octanol–water partition coefficient (Wildman–Crippen LogP) is 12.6. The van der Waals surface area contributed by atoms with Gasteiger partial charge in [-0.1, -0.05) is 48.5 Å². The first-order valence-corrected chi connectivity index (χ1v) is 19.0. The lowest BCUT2D eigenvalue weighted by Crippen LogP contribution is -2.30. The number of rotatable bonds is 6. The second-order valence-electron chi connectivity index (χ2n) is 12.2. The number of ether oxygens (including phenoxy) is 3. The Morgan fingerprint density at radius 2 is 0.935 bits per heavy atom. The third-order valence-corrected chi connectivity index (χ3v) is 9.51. The standard InChI is InChI=1S/C14H9F4IO.C14H10F4O.C7H6BF3O2.C7H6BrFO/c1-20-13-6-10(11(15)7-12(13)19)8-3-2-4-9(5-8)14(16,17)18;1-19-11-5-6-13(15)12(8-11)9-3-2-4-10(7-9)14(16,17)18;9-7(10,11)5-2-1-3-6(4-5)8(12)13;1-10-5-2-3-7(9)6(8)4-5/h2-7H,1H3;2-8H,1H3;1-4,12-13H;2-4H,1H3. The minimum absolute atomic E-state index is 0.0745. The molecule has 0 unspecified atom stereocenters. The zero-order valence-electron chi connectivity index (χ0n) is 32.0. The molecule has 20 heteroatoms. The molecule has 0 atom stereocenters. The van der Waals surface area contributed by atoms with E-state index in [2.05, 4.69) is 15.9 Å². The monoisotopic (exact) mass is 1060 g/mol. The highest BCUT2D eigenvalue weighted by Crippen LogP contribution is 2.36. The fourth-order valence-corrected chi connectivity index (χ4v) is 5.97. The van der Waals surface area contributed by atoms with Crippen molar-refractivity contribution in [2.24, 2.45) is 0 Å². The largest absolute Gasteiger partial charge is 0.497 e. The molecule has 0 radical (unpaired) electrons. The maximum absolute atomic E-state index is 13.9. The van der Waals surface area contributed by atoms with Crippen LogP contribution in [-0.2, 0) is 18.5 Å². The molecule has 0 aliphatic rings. The van der Waals surface area contributed by atoms with E-state index in [4.69, 9.17) is 24.3 Å². The Labute approximate surface area is 369 Å². The highest BCUT2D eigenvalue weighted by Gasteiger charge is 2.32. The Hall–Kier alpha value is -4.93. The molecule has 0 heterocycles. The Morgan fingerprint density at radius 3 is 1.37 bits per heavy atom. The summed E-state index contributed by atoms with van der Waals surface area (Å²) in [5.41, 5.74) is -2.22. The van der Waals surface area contributed by atoms with Crippen LogP contribution in [0.15, 0.2) is 126 Å². The predicted molar refractivity (Wildman–Crippen MR) is 221 cm³/mol. The van der Waals surface area contributed by atoms with E-state index in [1.807, 2.05) is 22.6 Å². The van der Waals surface area contributed by atoms with Crippen molar-refractivity contribution in [1.29, 1.82) is 0 Å². The van der Waals surface area contributed by atoms with E-state index in [0.717, 1.165) is 42.5 Å². The Bertz CT molecular complexity index is 2410. The molecular formula is C42H31BBrF12IO5. The van der Waals surface area contributed by atoms with Crippen molar-refractivity contribution in [2.45, 2.75) is 18.5 Å². The van der Waals surface area contributed by atoms with Gasteiger partial charge in [0.2, 0.25) is 0 Å². The molecule has 6 rings (SSSR count). The van der Waals surface area contributed by atoms with Crippen molar-refractivity contribution in [3.63, 3.8) is 0 Å². The number of hydrogen-bond acceptors (Lipinski definition) is 5. The Balaban J connectivity index is 0.000000228. The summed E-state index contributed by atoms with van der Waals surface area (Å²) < 4.78 is 168. The molecule has 0 spiro atoms. The van der Waals surface area contributed by atoms with Gasteiger partial charge in [0.1, 0.15) is 34.7 Å². The summed E-state index contributed by atoms with van der Waals surface area (Å²) in [4.78, 5) is 0. The smallest absolute Gasteiger partial charge is 0.488 e. The molecule has 0 aromatic heterocycles. The van der Waals surface area contributed by atoms with Gasteiger partial charge in [0, 0.05) is 11.1 Å². The summed E-state index contributed by atoms with van der Waals surface area (Å²) in [6, 6.07) is 24.0. The zero-order chi connectivity index (χ0) is 46.6. The first kappa shape index (κ1) is 51.4. The van der Waals surface area contributed by atoms with Crippen LogP contribution in [0.25, 0.3) is 22.3 Å². The summed E-state index contributed by atoms with van der Waals surface area (Å²) in [5, 5.41) is 17.2. The van der Waals surface area contributed by atoms with Gasteiger partial charge in [-0.2, -0.15) is 39.5 Å². The molecule has 0 fully saturated rings. The normalized spacial score (nSPS) is 11.1. The quantitative estimate of drug-likeness (QED) is 0.0988. The van der Waals surface area contributed by atoms with Gasteiger partial charge in [0.15, 0.2) is 0 Å². The lowest BCUT2D eigenvalue weighted by molar-refractivity contribution is -0.138. The van der Waals surface area contributed by atoms with E-state index in [0.29, 0.717) is 31.4 Å². The summed E-state index contributed by atoms with van der Waals surface area (Å²) in [7, 11) is 2.50. The molecule has 330 valence electrons. The first-order chi connectivity index (χ1) is 28.9. The molecule has 62 heavy (non-hydrogen) atoms. The molecule has 6 aromatic carbocycles. The van der Waals surface area contributed by atoms with Crippen LogP contribution >= 0.6 is 38.5 Å². The van der Waals surface area contributed by atoms with Crippen LogP contribution in [0.3, 0.4) is 0 Å². The molecule has 0 amide bonds.